The highest BCUT2D eigenvalue weighted by atomic mass is 32.2. The van der Waals surface area contributed by atoms with Crippen molar-refractivity contribution in [1.29, 1.82) is 0 Å². The zero-order valence-corrected chi connectivity index (χ0v) is 15.2. The zero-order valence-electron chi connectivity index (χ0n) is 14.3. The van der Waals surface area contributed by atoms with Crippen LogP contribution in [0.15, 0.2) is 36.5 Å². The van der Waals surface area contributed by atoms with Crippen molar-refractivity contribution in [3.63, 3.8) is 0 Å². The van der Waals surface area contributed by atoms with Crippen molar-refractivity contribution < 1.29 is 14.3 Å². The predicted octanol–water partition coefficient (Wildman–Crippen LogP) is 3.77. The molecule has 0 unspecified atom stereocenters. The molecule has 0 bridgehead atoms. The maximum atomic E-state index is 13.1. The summed E-state index contributed by atoms with van der Waals surface area (Å²) in [6.45, 7) is 1.73. The van der Waals surface area contributed by atoms with Gasteiger partial charge in [0.15, 0.2) is 5.75 Å². The number of nitrogens with zero attached hydrogens (tertiary/aromatic N) is 1. The summed E-state index contributed by atoms with van der Waals surface area (Å²) in [5.41, 5.74) is 8.90. The fourth-order valence-electron chi connectivity index (χ4n) is 2.98. The first kappa shape index (κ1) is 18.0. The van der Waals surface area contributed by atoms with Gasteiger partial charge in [-0.2, -0.15) is 0 Å². The number of hydrogen-bond donors (Lipinski definition) is 3. The van der Waals surface area contributed by atoms with Crippen LogP contribution in [-0.2, 0) is 6.42 Å². The minimum Gasteiger partial charge on any atom is -0.505 e. The average Bonchev–Trinajstić information content (AvgIpc) is 2.60. The van der Waals surface area contributed by atoms with Gasteiger partial charge < -0.3 is 15.6 Å². The van der Waals surface area contributed by atoms with Crippen LogP contribution < -0.4 is 10.5 Å². The number of aromatic hydroxyl groups is 1. The van der Waals surface area contributed by atoms with E-state index in [-0.39, 0.29) is 17.1 Å². The molecule has 134 valence electrons. The van der Waals surface area contributed by atoms with Crippen LogP contribution in [0.5, 0.6) is 5.75 Å². The topological polar surface area (TPSA) is 88.2 Å². The van der Waals surface area contributed by atoms with Crippen LogP contribution >= 0.6 is 11.9 Å². The van der Waals surface area contributed by atoms with Gasteiger partial charge in [-0.15, -0.1) is 0 Å². The fourth-order valence-corrected chi connectivity index (χ4v) is 3.45. The van der Waals surface area contributed by atoms with E-state index in [9.17, 15) is 14.3 Å². The van der Waals surface area contributed by atoms with Crippen molar-refractivity contribution in [2.75, 3.05) is 11.0 Å². The first-order valence-electron chi connectivity index (χ1n) is 7.89. The molecule has 0 radical (unpaired) electrons. The molecule has 0 spiro atoms. The number of anilines is 1. The van der Waals surface area contributed by atoms with Crippen molar-refractivity contribution in [2.24, 2.45) is 5.73 Å². The molecule has 2 aromatic carbocycles. The van der Waals surface area contributed by atoms with Crippen LogP contribution in [0.25, 0.3) is 10.9 Å². The second-order valence-corrected chi connectivity index (χ2v) is 6.55. The van der Waals surface area contributed by atoms with Gasteiger partial charge in [-0.05, 0) is 48.2 Å². The summed E-state index contributed by atoms with van der Waals surface area (Å²) >= 11 is 1.37. The van der Waals surface area contributed by atoms with Crippen molar-refractivity contribution in [3.8, 4) is 5.75 Å². The first-order valence-corrected chi connectivity index (χ1v) is 9.12. The Morgan fingerprint density at radius 1 is 1.31 bits per heavy atom. The molecular weight excluding hydrogens is 353 g/mol. The smallest absolute Gasteiger partial charge is 0.252 e. The van der Waals surface area contributed by atoms with E-state index >= 15 is 0 Å². The van der Waals surface area contributed by atoms with Crippen LogP contribution in [0.3, 0.4) is 0 Å². The van der Waals surface area contributed by atoms with E-state index in [1.165, 1.54) is 24.1 Å². The molecule has 0 aliphatic rings. The Hall–Kier alpha value is -2.80. The van der Waals surface area contributed by atoms with E-state index in [0.29, 0.717) is 28.6 Å². The number of pyridine rings is 1. The van der Waals surface area contributed by atoms with Crippen molar-refractivity contribution >= 4 is 34.4 Å². The monoisotopic (exact) mass is 371 g/mol. The molecule has 0 saturated heterocycles. The number of fused-ring (bicyclic) bond motifs is 1. The zero-order chi connectivity index (χ0) is 18.8. The third-order valence-electron chi connectivity index (χ3n) is 4.20. The van der Waals surface area contributed by atoms with Gasteiger partial charge in [-0.3, -0.25) is 9.78 Å². The highest BCUT2D eigenvalue weighted by molar-refractivity contribution is 7.99. The molecule has 7 heteroatoms. The normalized spacial score (nSPS) is 10.9. The largest absolute Gasteiger partial charge is 0.505 e. The highest BCUT2D eigenvalue weighted by Crippen LogP contribution is 2.38. The SMILES string of the molecule is CSNc1c(C)c(C(N)=O)c(O)c2ncc(Cc3ccc(F)cc3)cc12. The second kappa shape index (κ2) is 7.21. The van der Waals surface area contributed by atoms with E-state index in [4.69, 9.17) is 5.73 Å². The van der Waals surface area contributed by atoms with Gasteiger partial charge in [-0.25, -0.2) is 4.39 Å². The van der Waals surface area contributed by atoms with Crippen molar-refractivity contribution in [3.05, 3.63) is 64.6 Å². The van der Waals surface area contributed by atoms with Crippen molar-refractivity contribution in [1.82, 2.24) is 4.98 Å². The lowest BCUT2D eigenvalue weighted by Crippen LogP contribution is -2.14. The number of carbonyl (C=O) groups excluding carboxylic acids is 1. The molecule has 3 rings (SSSR count). The van der Waals surface area contributed by atoms with Gasteiger partial charge in [0.1, 0.15) is 11.3 Å². The standard InChI is InChI=1S/C19H18FN3O2S/c1-10-15(19(21)25)18(24)17-14(16(10)23-26-2)8-12(9-22-17)7-11-3-5-13(20)6-4-11/h3-6,8-9,23-24H,7H2,1-2H3,(H2,21,25). The Morgan fingerprint density at radius 3 is 2.62 bits per heavy atom. The average molecular weight is 371 g/mol. The molecule has 5 nitrogen and oxygen atoms in total. The highest BCUT2D eigenvalue weighted by Gasteiger charge is 2.21. The maximum absolute atomic E-state index is 13.1. The van der Waals surface area contributed by atoms with E-state index in [2.05, 4.69) is 9.71 Å². The number of halogens is 1. The minimum absolute atomic E-state index is 0.0628. The van der Waals surface area contributed by atoms with Crippen LogP contribution in [0.1, 0.15) is 27.0 Å². The quantitative estimate of drug-likeness (QED) is 0.469. The van der Waals surface area contributed by atoms with E-state index in [1.54, 1.807) is 25.3 Å². The van der Waals surface area contributed by atoms with Crippen LogP contribution in [0.2, 0.25) is 0 Å². The number of nitrogens with two attached hydrogens (primary N) is 1. The van der Waals surface area contributed by atoms with Gasteiger partial charge in [0.05, 0.1) is 11.3 Å². The van der Waals surface area contributed by atoms with Gasteiger partial charge in [0.25, 0.3) is 5.91 Å². The molecule has 0 aliphatic heterocycles. The summed E-state index contributed by atoms with van der Waals surface area (Å²) in [6.07, 6.45) is 4.06. The van der Waals surface area contributed by atoms with Gasteiger partial charge in [0, 0.05) is 17.8 Å². The van der Waals surface area contributed by atoms with Crippen LogP contribution in [0.4, 0.5) is 10.1 Å². The lowest BCUT2D eigenvalue weighted by Gasteiger charge is -2.16. The van der Waals surface area contributed by atoms with Gasteiger partial charge in [-0.1, -0.05) is 24.1 Å². The second-order valence-electron chi connectivity index (χ2n) is 5.94. The third kappa shape index (κ3) is 3.30. The number of carbonyl (C=O) groups is 1. The Morgan fingerprint density at radius 2 is 2.00 bits per heavy atom. The number of hydrogen-bond acceptors (Lipinski definition) is 5. The summed E-state index contributed by atoms with van der Waals surface area (Å²) < 4.78 is 16.2. The number of phenols is 1. The molecule has 1 heterocycles. The summed E-state index contributed by atoms with van der Waals surface area (Å²) in [5.74, 6) is -1.20. The number of primary amides is 1. The van der Waals surface area contributed by atoms with Crippen LogP contribution in [-0.4, -0.2) is 22.3 Å². The van der Waals surface area contributed by atoms with Crippen molar-refractivity contribution in [2.45, 2.75) is 13.3 Å². The molecule has 0 atom stereocenters. The number of nitrogens with one attached hydrogen (secondary N) is 1. The minimum atomic E-state index is -0.705. The number of rotatable bonds is 5. The first-order chi connectivity index (χ1) is 12.4. The summed E-state index contributed by atoms with van der Waals surface area (Å²) in [6, 6.07) is 8.18. The summed E-state index contributed by atoms with van der Waals surface area (Å²) in [5, 5.41) is 11.2. The van der Waals surface area contributed by atoms with Gasteiger partial charge in [0.2, 0.25) is 0 Å². The third-order valence-corrected chi connectivity index (χ3v) is 4.61. The number of amides is 1. The summed E-state index contributed by atoms with van der Waals surface area (Å²) in [4.78, 5) is 16.1. The molecule has 0 fully saturated rings. The Bertz CT molecular complexity index is 990. The predicted molar refractivity (Wildman–Crippen MR) is 103 cm³/mol. The Labute approximate surface area is 154 Å². The molecule has 3 aromatic rings. The van der Waals surface area contributed by atoms with E-state index in [0.717, 1.165) is 11.1 Å². The van der Waals surface area contributed by atoms with E-state index in [1.807, 2.05) is 12.3 Å². The Balaban J connectivity index is 2.16. The maximum Gasteiger partial charge on any atom is 0.252 e. The lowest BCUT2D eigenvalue weighted by atomic mass is 9.98. The molecular formula is C19H18FN3O2S. The lowest BCUT2D eigenvalue weighted by molar-refractivity contribution is 0.0997. The fraction of sp³-hybridized carbons (Fsp3) is 0.158. The number of benzene rings is 2. The van der Waals surface area contributed by atoms with E-state index < -0.39 is 5.91 Å². The molecule has 0 aliphatic carbocycles. The molecule has 26 heavy (non-hydrogen) atoms. The molecule has 1 aromatic heterocycles. The van der Waals surface area contributed by atoms with Gasteiger partial charge >= 0.3 is 0 Å². The number of aromatic nitrogens is 1. The summed E-state index contributed by atoms with van der Waals surface area (Å²) in [7, 11) is 0. The Kier molecular flexibility index (Phi) is 4.99. The molecule has 4 N–H and O–H groups in total. The van der Waals surface area contributed by atoms with Crippen LogP contribution in [0, 0.1) is 12.7 Å². The molecule has 1 amide bonds. The molecule has 0 saturated carbocycles.